The van der Waals surface area contributed by atoms with Crippen molar-refractivity contribution < 1.29 is 37.5 Å². The minimum absolute atomic E-state index is 0.0928. The molecule has 43 heavy (non-hydrogen) atoms. The number of likely N-dealkylation sites (N-methyl/N-ethyl adjacent to an activating group) is 1. The Balaban J connectivity index is 1.67. The van der Waals surface area contributed by atoms with E-state index in [4.69, 9.17) is 4.74 Å². The molecule has 2 aliphatic rings. The molecule has 12 nitrogen and oxygen atoms in total. The minimum atomic E-state index is -1.31. The summed E-state index contributed by atoms with van der Waals surface area (Å²) in [5, 5.41) is 8.03. The van der Waals surface area contributed by atoms with Crippen LogP contribution >= 0.6 is 0 Å². The summed E-state index contributed by atoms with van der Waals surface area (Å²) >= 11 is 0. The number of rotatable bonds is 4. The molecule has 4 atom stereocenters. The molecule has 4 rings (SSSR count). The van der Waals surface area contributed by atoms with Gasteiger partial charge < -0.3 is 30.5 Å². The normalized spacial score (nSPS) is 24.0. The van der Waals surface area contributed by atoms with Crippen LogP contribution in [0.5, 0.6) is 0 Å². The maximum atomic E-state index is 14.5. The molecule has 5 amide bonds. The Bertz CT molecular complexity index is 1380. The number of halogens is 2. The van der Waals surface area contributed by atoms with Gasteiger partial charge in [0.2, 0.25) is 17.7 Å². The lowest BCUT2D eigenvalue weighted by molar-refractivity contribution is -0.148. The van der Waals surface area contributed by atoms with Crippen LogP contribution < -0.4 is 16.0 Å². The maximum absolute atomic E-state index is 14.5. The fourth-order valence-electron chi connectivity index (χ4n) is 4.94. The van der Waals surface area contributed by atoms with Crippen molar-refractivity contribution in [2.45, 2.75) is 44.6 Å². The number of morpholine rings is 1. The monoisotopic (exact) mass is 600 g/mol. The van der Waals surface area contributed by atoms with E-state index in [0.29, 0.717) is 12.3 Å². The Morgan fingerprint density at radius 2 is 1.79 bits per heavy atom. The number of amides is 5. The molecule has 2 bridgehead atoms. The molecule has 230 valence electrons. The van der Waals surface area contributed by atoms with Gasteiger partial charge in [-0.15, -0.1) is 0 Å². The highest BCUT2D eigenvalue weighted by molar-refractivity contribution is 5.95. The lowest BCUT2D eigenvalue weighted by Gasteiger charge is -2.38. The molecule has 3 heterocycles. The summed E-state index contributed by atoms with van der Waals surface area (Å²) in [6.45, 7) is 2.47. The van der Waals surface area contributed by atoms with Crippen LogP contribution in [0, 0.1) is 17.6 Å². The molecular formula is C29H34F2N6O6. The number of benzene rings is 1. The first-order valence-corrected chi connectivity index (χ1v) is 13.8. The minimum Gasteiger partial charge on any atom is -0.360 e. The zero-order chi connectivity index (χ0) is 31.3. The van der Waals surface area contributed by atoms with Crippen LogP contribution in [0.25, 0.3) is 0 Å². The molecular weight excluding hydrogens is 566 g/mol. The molecule has 1 aromatic carbocycles. The summed E-state index contributed by atoms with van der Waals surface area (Å²) in [5.74, 6) is -5.76. The highest BCUT2D eigenvalue weighted by Crippen LogP contribution is 2.18. The predicted molar refractivity (Wildman–Crippen MR) is 148 cm³/mol. The van der Waals surface area contributed by atoms with Gasteiger partial charge in [0, 0.05) is 32.6 Å². The second kappa shape index (κ2) is 13.7. The summed E-state index contributed by atoms with van der Waals surface area (Å²) in [4.78, 5) is 72.1. The lowest BCUT2D eigenvalue weighted by atomic mass is 10.0. The van der Waals surface area contributed by atoms with Gasteiger partial charge in [0.1, 0.15) is 17.9 Å². The van der Waals surface area contributed by atoms with E-state index < -0.39 is 71.2 Å². The molecule has 0 spiro atoms. The summed E-state index contributed by atoms with van der Waals surface area (Å²) in [7, 11) is 1.41. The third kappa shape index (κ3) is 7.89. The molecule has 0 radical (unpaired) electrons. The van der Waals surface area contributed by atoms with Crippen LogP contribution in [0.1, 0.15) is 29.9 Å². The van der Waals surface area contributed by atoms with Crippen molar-refractivity contribution in [3.05, 3.63) is 65.5 Å². The maximum Gasteiger partial charge on any atom is 0.275 e. The average molecular weight is 601 g/mol. The molecule has 0 unspecified atom stereocenters. The molecule has 2 saturated heterocycles. The molecule has 3 N–H and O–H groups in total. The number of carbonyl (C=O) groups excluding carboxylic acids is 5. The lowest BCUT2D eigenvalue weighted by Crippen LogP contribution is -2.60. The number of nitrogens with one attached hydrogen (secondary N) is 3. The number of carbonyl (C=O) groups is 5. The third-order valence-electron chi connectivity index (χ3n) is 7.18. The molecule has 14 heteroatoms. The largest absolute Gasteiger partial charge is 0.360 e. The number of ether oxygens (including phenoxy) is 1. The molecule has 2 fully saturated rings. The van der Waals surface area contributed by atoms with Crippen LogP contribution in [0.3, 0.4) is 0 Å². The second-order valence-electron chi connectivity index (χ2n) is 10.9. The van der Waals surface area contributed by atoms with Crippen LogP contribution in [-0.4, -0.2) is 102 Å². The smallest absolute Gasteiger partial charge is 0.275 e. The Morgan fingerprint density at radius 1 is 1.07 bits per heavy atom. The van der Waals surface area contributed by atoms with Gasteiger partial charge in [-0.05, 0) is 11.5 Å². The number of hydrogen-bond donors (Lipinski definition) is 3. The van der Waals surface area contributed by atoms with Crippen LogP contribution in [0.2, 0.25) is 0 Å². The van der Waals surface area contributed by atoms with Gasteiger partial charge in [-0.25, -0.2) is 13.8 Å². The molecule has 0 saturated carbocycles. The van der Waals surface area contributed by atoms with E-state index in [1.54, 1.807) is 44.2 Å². The summed E-state index contributed by atoms with van der Waals surface area (Å²) in [6, 6.07) is 7.40. The van der Waals surface area contributed by atoms with Gasteiger partial charge in [-0.2, -0.15) is 0 Å². The van der Waals surface area contributed by atoms with Crippen molar-refractivity contribution >= 4 is 29.5 Å². The fraction of sp³-hybridized carbons (Fsp3) is 0.448. The van der Waals surface area contributed by atoms with Crippen molar-refractivity contribution in [1.82, 2.24) is 30.7 Å². The predicted octanol–water partition coefficient (Wildman–Crippen LogP) is 0.0259. The summed E-state index contributed by atoms with van der Waals surface area (Å²) < 4.78 is 33.9. The van der Waals surface area contributed by atoms with E-state index in [-0.39, 0.29) is 38.5 Å². The van der Waals surface area contributed by atoms with Crippen LogP contribution in [0.4, 0.5) is 8.78 Å². The fourth-order valence-corrected chi connectivity index (χ4v) is 4.94. The Kier molecular flexibility index (Phi) is 10.0. The van der Waals surface area contributed by atoms with Gasteiger partial charge in [0.15, 0.2) is 17.6 Å². The summed E-state index contributed by atoms with van der Waals surface area (Å²) in [6.07, 6.45) is -1.45. The molecule has 1 aromatic heterocycles. The number of pyridine rings is 1. The zero-order valence-electron chi connectivity index (χ0n) is 24.0. The Labute approximate surface area is 247 Å². The number of nitrogens with zero attached hydrogens (tertiary/aromatic N) is 3. The van der Waals surface area contributed by atoms with Crippen LogP contribution in [0.15, 0.2) is 42.6 Å². The topological polar surface area (TPSA) is 150 Å². The molecule has 0 aliphatic carbocycles. The van der Waals surface area contributed by atoms with Crippen molar-refractivity contribution in [3.8, 4) is 0 Å². The highest BCUT2D eigenvalue weighted by Gasteiger charge is 2.39. The van der Waals surface area contributed by atoms with Gasteiger partial charge in [0.25, 0.3) is 11.8 Å². The average Bonchev–Trinajstić information content (AvgIpc) is 2.97. The van der Waals surface area contributed by atoms with Gasteiger partial charge in [-0.3, -0.25) is 24.0 Å². The number of fused-ring (bicyclic) bond motifs is 2. The van der Waals surface area contributed by atoms with Gasteiger partial charge in [-0.1, -0.05) is 44.2 Å². The molecule has 2 aliphatic heterocycles. The van der Waals surface area contributed by atoms with E-state index >= 15 is 0 Å². The van der Waals surface area contributed by atoms with Crippen molar-refractivity contribution in [1.29, 1.82) is 0 Å². The van der Waals surface area contributed by atoms with Crippen molar-refractivity contribution in [2.75, 3.05) is 33.2 Å². The van der Waals surface area contributed by atoms with Crippen molar-refractivity contribution in [2.24, 2.45) is 5.92 Å². The second-order valence-corrected chi connectivity index (χ2v) is 10.9. The first kappa shape index (κ1) is 31.5. The number of aromatic nitrogens is 1. The Morgan fingerprint density at radius 3 is 2.47 bits per heavy atom. The summed E-state index contributed by atoms with van der Waals surface area (Å²) in [5.41, 5.74) is 0.0983. The third-order valence-corrected chi connectivity index (χ3v) is 7.18. The Hall–Kier alpha value is -4.46. The van der Waals surface area contributed by atoms with E-state index in [0.717, 1.165) is 15.4 Å². The van der Waals surface area contributed by atoms with E-state index in [1.165, 1.54) is 7.05 Å². The first-order chi connectivity index (χ1) is 20.4. The standard InChI is InChI=1S/C29H34F2N6O6/c1-16(2)24-27(40)33-12-19-13-37(29(42)25-20(31)10-18(30)11-32-25)14-22(43-19)26(39)34-21(9-17-7-5-4-6-8-17)28(41)36(3)15-23(38)35-24/h4-8,10-11,16,19,21-22,24H,9,12-15H2,1-3H3,(H,33,40)(H,34,39)(H,35,38)/t19-,21+,22+,24-/m0/s1. The highest BCUT2D eigenvalue weighted by atomic mass is 19.1. The SMILES string of the molecule is CC(C)[C@@H]1NC(=O)CN(C)C(=O)[C@@H](Cc2ccccc2)NC(=O)[C@H]2CN(C(=O)c3ncc(F)cc3F)C[C@H](CNC1=O)O2. The van der Waals surface area contributed by atoms with E-state index in [2.05, 4.69) is 20.9 Å². The zero-order valence-corrected chi connectivity index (χ0v) is 24.0. The van der Waals surface area contributed by atoms with E-state index in [1.807, 2.05) is 0 Å². The first-order valence-electron chi connectivity index (χ1n) is 13.8. The van der Waals surface area contributed by atoms with Gasteiger partial charge in [0.05, 0.1) is 25.4 Å². The van der Waals surface area contributed by atoms with Crippen molar-refractivity contribution in [3.63, 3.8) is 0 Å². The quantitative estimate of drug-likeness (QED) is 0.448. The van der Waals surface area contributed by atoms with Crippen LogP contribution in [-0.2, 0) is 30.3 Å². The van der Waals surface area contributed by atoms with Gasteiger partial charge >= 0.3 is 0 Å². The van der Waals surface area contributed by atoms with E-state index in [9.17, 15) is 32.8 Å². The molecule has 2 aromatic rings. The number of hydrogen-bond acceptors (Lipinski definition) is 7.